The Balaban J connectivity index is 2.12. The highest BCUT2D eigenvalue weighted by Crippen LogP contribution is 2.46. The molecule has 0 bridgehead atoms. The number of hydrogen-bond donors (Lipinski definition) is 1. The highest BCUT2D eigenvalue weighted by Gasteiger charge is 2.41. The summed E-state index contributed by atoms with van der Waals surface area (Å²) in [6.45, 7) is 4.40. The van der Waals surface area contributed by atoms with Gasteiger partial charge in [-0.2, -0.15) is 0 Å². The van der Waals surface area contributed by atoms with Gasteiger partial charge in [-0.15, -0.1) is 0 Å². The number of nitrogens with zero attached hydrogens (tertiary/aromatic N) is 2. The summed E-state index contributed by atoms with van der Waals surface area (Å²) in [5.74, 6) is -0.201. The minimum absolute atomic E-state index is 0.0117. The first-order valence-corrected chi connectivity index (χ1v) is 8.29. The van der Waals surface area contributed by atoms with E-state index in [9.17, 15) is 4.79 Å². The molecule has 0 spiro atoms. The fraction of sp³-hybridized carbons (Fsp3) is 0.467. The number of carboxylic acid groups (broad SMARTS) is 1. The van der Waals surface area contributed by atoms with Crippen LogP contribution in [0.3, 0.4) is 0 Å². The van der Waals surface area contributed by atoms with Crippen LogP contribution in [0.4, 0.5) is 0 Å². The molecule has 2 aromatic rings. The normalized spacial score (nSPS) is 15.6. The Hall–Kier alpha value is -1.20. The lowest BCUT2D eigenvalue weighted by atomic mass is 9.98. The summed E-state index contributed by atoms with van der Waals surface area (Å²) in [5, 5.41) is 10.3. The molecular formula is C15H17ClN2O2S. The number of carbonyl (C=O) groups is 1. The molecule has 1 fully saturated rings. The molecule has 1 aliphatic carbocycles. The van der Waals surface area contributed by atoms with Gasteiger partial charge in [-0.3, -0.25) is 4.79 Å². The molecule has 1 heterocycles. The summed E-state index contributed by atoms with van der Waals surface area (Å²) in [5.41, 5.74) is 1.77. The Bertz CT molecular complexity index is 707. The summed E-state index contributed by atoms with van der Waals surface area (Å²) >= 11 is 7.31. The molecule has 6 heteroatoms. The van der Waals surface area contributed by atoms with Crippen LogP contribution in [0, 0.1) is 5.92 Å². The zero-order valence-corrected chi connectivity index (χ0v) is 13.5. The van der Waals surface area contributed by atoms with E-state index in [0.717, 1.165) is 16.2 Å². The van der Waals surface area contributed by atoms with Gasteiger partial charge in [0.1, 0.15) is 0 Å². The summed E-state index contributed by atoms with van der Waals surface area (Å²) in [4.78, 5) is 15.5. The number of hydrogen-bond acceptors (Lipinski definition) is 3. The third-order valence-corrected chi connectivity index (χ3v) is 5.22. The average Bonchev–Trinajstić information content (AvgIpc) is 3.18. The monoisotopic (exact) mass is 324 g/mol. The van der Waals surface area contributed by atoms with Crippen molar-refractivity contribution in [3.63, 3.8) is 0 Å². The third-order valence-electron chi connectivity index (χ3n) is 4.06. The van der Waals surface area contributed by atoms with Crippen LogP contribution < -0.4 is 0 Å². The van der Waals surface area contributed by atoms with Crippen LogP contribution in [-0.2, 0) is 10.3 Å². The van der Waals surface area contributed by atoms with Gasteiger partial charge in [0.15, 0.2) is 5.16 Å². The number of carboxylic acids is 1. The van der Waals surface area contributed by atoms with E-state index >= 15 is 0 Å². The van der Waals surface area contributed by atoms with Crippen molar-refractivity contribution in [2.45, 2.75) is 37.4 Å². The molecule has 0 amide bonds. The van der Waals surface area contributed by atoms with Crippen molar-refractivity contribution < 1.29 is 9.90 Å². The summed E-state index contributed by atoms with van der Waals surface area (Å²) in [7, 11) is 0. The lowest BCUT2D eigenvalue weighted by Crippen LogP contribution is -2.29. The minimum Gasteiger partial charge on any atom is -0.481 e. The third kappa shape index (κ3) is 2.77. The Labute approximate surface area is 132 Å². The van der Waals surface area contributed by atoms with Crippen LogP contribution in [0.25, 0.3) is 11.0 Å². The van der Waals surface area contributed by atoms with Gasteiger partial charge in [-0.25, -0.2) is 4.98 Å². The van der Waals surface area contributed by atoms with Gasteiger partial charge >= 0.3 is 5.97 Å². The van der Waals surface area contributed by atoms with Gasteiger partial charge in [0.25, 0.3) is 0 Å². The molecular weight excluding hydrogens is 308 g/mol. The van der Waals surface area contributed by atoms with Crippen LogP contribution in [0.5, 0.6) is 0 Å². The molecule has 1 aliphatic rings. The van der Waals surface area contributed by atoms with E-state index in [0.29, 0.717) is 10.9 Å². The number of rotatable bonds is 5. The van der Waals surface area contributed by atoms with Crippen molar-refractivity contribution >= 4 is 40.4 Å². The van der Waals surface area contributed by atoms with E-state index in [4.69, 9.17) is 16.7 Å². The Morgan fingerprint density at radius 1 is 1.52 bits per heavy atom. The minimum atomic E-state index is -0.833. The van der Waals surface area contributed by atoms with Crippen LogP contribution in [0.1, 0.15) is 26.7 Å². The Morgan fingerprint density at radius 2 is 2.24 bits per heavy atom. The van der Waals surface area contributed by atoms with Crippen LogP contribution >= 0.6 is 23.4 Å². The van der Waals surface area contributed by atoms with Crippen LogP contribution in [-0.4, -0.2) is 26.4 Å². The van der Waals surface area contributed by atoms with E-state index in [2.05, 4.69) is 23.4 Å². The standard InChI is InChI=1S/C15H17ClN2O2S/c1-15(2,9-3-4-9)18-12-6-5-10(16)7-11(12)17-14(18)21-8-13(19)20/h5-7,9H,3-4,8H2,1-2H3,(H,19,20). The van der Waals surface area contributed by atoms with Gasteiger partial charge in [0, 0.05) is 10.6 Å². The average molecular weight is 325 g/mol. The number of thioether (sulfide) groups is 1. The van der Waals surface area contributed by atoms with Crippen molar-refractivity contribution in [1.29, 1.82) is 0 Å². The molecule has 21 heavy (non-hydrogen) atoms. The lowest BCUT2D eigenvalue weighted by Gasteiger charge is -2.29. The summed E-state index contributed by atoms with van der Waals surface area (Å²) < 4.78 is 2.18. The zero-order chi connectivity index (χ0) is 15.2. The smallest absolute Gasteiger partial charge is 0.313 e. The van der Waals surface area contributed by atoms with Gasteiger partial charge in [-0.1, -0.05) is 23.4 Å². The predicted molar refractivity (Wildman–Crippen MR) is 85.1 cm³/mol. The summed E-state index contributed by atoms with van der Waals surface area (Å²) in [6.07, 6.45) is 2.42. The predicted octanol–water partition coefficient (Wildman–Crippen LogP) is 4.01. The summed E-state index contributed by atoms with van der Waals surface area (Å²) in [6, 6.07) is 5.66. The molecule has 1 aromatic heterocycles. The molecule has 112 valence electrons. The second-order valence-electron chi connectivity index (χ2n) is 5.97. The fourth-order valence-corrected chi connectivity index (χ4v) is 3.83. The first kappa shape index (κ1) is 14.7. The molecule has 0 atom stereocenters. The topological polar surface area (TPSA) is 55.1 Å². The highest BCUT2D eigenvalue weighted by molar-refractivity contribution is 7.99. The Kier molecular flexibility index (Phi) is 3.66. The van der Waals surface area contributed by atoms with E-state index in [-0.39, 0.29) is 11.3 Å². The maximum atomic E-state index is 10.9. The number of fused-ring (bicyclic) bond motifs is 1. The number of halogens is 1. The fourth-order valence-electron chi connectivity index (χ4n) is 2.78. The first-order valence-electron chi connectivity index (χ1n) is 6.92. The maximum Gasteiger partial charge on any atom is 0.313 e. The molecule has 0 radical (unpaired) electrons. The van der Waals surface area contributed by atoms with E-state index in [1.54, 1.807) is 0 Å². The second-order valence-corrected chi connectivity index (χ2v) is 7.35. The van der Waals surface area contributed by atoms with Gasteiger partial charge < -0.3 is 9.67 Å². The largest absolute Gasteiger partial charge is 0.481 e. The molecule has 3 rings (SSSR count). The quantitative estimate of drug-likeness (QED) is 0.844. The second kappa shape index (κ2) is 5.21. The van der Waals surface area contributed by atoms with Crippen molar-refractivity contribution in [3.8, 4) is 0 Å². The number of aromatic nitrogens is 2. The number of aliphatic carboxylic acids is 1. The van der Waals surface area contributed by atoms with Gasteiger partial charge in [-0.05, 0) is 50.8 Å². The van der Waals surface area contributed by atoms with Crippen molar-refractivity contribution in [2.24, 2.45) is 5.92 Å². The number of benzene rings is 1. The molecule has 1 saturated carbocycles. The first-order chi connectivity index (χ1) is 9.89. The van der Waals surface area contributed by atoms with E-state index in [1.165, 1.54) is 24.6 Å². The molecule has 0 aliphatic heterocycles. The molecule has 1 N–H and O–H groups in total. The highest BCUT2D eigenvalue weighted by atomic mass is 35.5. The van der Waals surface area contributed by atoms with E-state index < -0.39 is 5.97 Å². The van der Waals surface area contributed by atoms with Gasteiger partial charge in [0.05, 0.1) is 16.8 Å². The van der Waals surface area contributed by atoms with Gasteiger partial charge in [0.2, 0.25) is 0 Å². The lowest BCUT2D eigenvalue weighted by molar-refractivity contribution is -0.133. The SMILES string of the molecule is CC(C)(C1CC1)n1c(SCC(=O)O)nc2cc(Cl)ccc21. The molecule has 4 nitrogen and oxygen atoms in total. The molecule has 0 unspecified atom stereocenters. The van der Waals surface area contributed by atoms with Crippen LogP contribution in [0.15, 0.2) is 23.4 Å². The van der Waals surface area contributed by atoms with Crippen molar-refractivity contribution in [2.75, 3.05) is 5.75 Å². The Morgan fingerprint density at radius 3 is 2.86 bits per heavy atom. The maximum absolute atomic E-state index is 10.9. The number of imidazole rings is 1. The van der Waals surface area contributed by atoms with E-state index in [1.807, 2.05) is 18.2 Å². The molecule has 0 saturated heterocycles. The zero-order valence-electron chi connectivity index (χ0n) is 12.0. The van der Waals surface area contributed by atoms with Crippen molar-refractivity contribution in [1.82, 2.24) is 9.55 Å². The van der Waals surface area contributed by atoms with Crippen LogP contribution in [0.2, 0.25) is 5.02 Å². The molecule has 1 aromatic carbocycles. The van der Waals surface area contributed by atoms with Crippen molar-refractivity contribution in [3.05, 3.63) is 23.2 Å².